The van der Waals surface area contributed by atoms with Gasteiger partial charge in [0.05, 0.1) is 12.0 Å². The summed E-state index contributed by atoms with van der Waals surface area (Å²) in [5, 5.41) is 14.4. The molecule has 1 N–H and O–H groups in total. The van der Waals surface area contributed by atoms with Crippen molar-refractivity contribution in [2.24, 2.45) is 5.92 Å². The van der Waals surface area contributed by atoms with Crippen LogP contribution in [0, 0.1) is 16.0 Å². The first-order valence-electron chi connectivity index (χ1n) is 6.98. The van der Waals surface area contributed by atoms with Crippen LogP contribution in [0.4, 0.5) is 5.69 Å². The SMILES string of the molecule is CCNC(C)C(c1ccc([N+](=O)[O-])c(OC)c1)C(C)C. The Morgan fingerprint density at radius 1 is 1.35 bits per heavy atom. The highest BCUT2D eigenvalue weighted by Gasteiger charge is 2.25. The third-order valence-electron chi connectivity index (χ3n) is 3.57. The minimum absolute atomic E-state index is 0.00913. The molecule has 5 nitrogen and oxygen atoms in total. The van der Waals surface area contributed by atoms with Crippen LogP contribution in [0.3, 0.4) is 0 Å². The summed E-state index contributed by atoms with van der Waals surface area (Å²) in [7, 11) is 1.46. The molecule has 112 valence electrons. The zero-order valence-corrected chi connectivity index (χ0v) is 12.8. The lowest BCUT2D eigenvalue weighted by molar-refractivity contribution is -0.385. The summed E-state index contributed by atoms with van der Waals surface area (Å²) < 4.78 is 5.15. The molecule has 20 heavy (non-hydrogen) atoms. The highest BCUT2D eigenvalue weighted by Crippen LogP contribution is 2.34. The van der Waals surface area contributed by atoms with E-state index in [4.69, 9.17) is 4.74 Å². The molecule has 1 rings (SSSR count). The molecule has 2 atom stereocenters. The van der Waals surface area contributed by atoms with Gasteiger partial charge in [0.25, 0.3) is 0 Å². The van der Waals surface area contributed by atoms with E-state index in [0.717, 1.165) is 12.1 Å². The first-order chi connectivity index (χ1) is 9.42. The van der Waals surface area contributed by atoms with E-state index in [-0.39, 0.29) is 11.6 Å². The molecule has 5 heteroatoms. The fourth-order valence-electron chi connectivity index (χ4n) is 2.75. The summed E-state index contributed by atoms with van der Waals surface area (Å²) in [6, 6.07) is 5.45. The Kier molecular flexibility index (Phi) is 5.95. The highest BCUT2D eigenvalue weighted by atomic mass is 16.6. The van der Waals surface area contributed by atoms with Gasteiger partial charge in [0, 0.05) is 18.0 Å². The summed E-state index contributed by atoms with van der Waals surface area (Å²) in [6.07, 6.45) is 0. The lowest BCUT2D eigenvalue weighted by atomic mass is 9.83. The molecule has 1 aromatic rings. The number of nitrogens with zero attached hydrogens (tertiary/aromatic N) is 1. The van der Waals surface area contributed by atoms with E-state index in [0.29, 0.717) is 17.7 Å². The van der Waals surface area contributed by atoms with Crippen molar-refractivity contribution >= 4 is 5.69 Å². The number of ether oxygens (including phenoxy) is 1. The maximum atomic E-state index is 10.9. The molecule has 0 saturated carbocycles. The average Bonchev–Trinajstić information content (AvgIpc) is 2.38. The second kappa shape index (κ2) is 7.24. The molecule has 0 aliphatic heterocycles. The van der Waals surface area contributed by atoms with Crippen molar-refractivity contribution in [3.63, 3.8) is 0 Å². The average molecular weight is 280 g/mol. The lowest BCUT2D eigenvalue weighted by Gasteiger charge is -2.28. The van der Waals surface area contributed by atoms with Gasteiger partial charge in [0.2, 0.25) is 0 Å². The van der Waals surface area contributed by atoms with Crippen LogP contribution in [-0.2, 0) is 0 Å². The summed E-state index contributed by atoms with van der Waals surface area (Å²) in [5.74, 6) is 1.03. The van der Waals surface area contributed by atoms with Crippen molar-refractivity contribution in [3.05, 3.63) is 33.9 Å². The van der Waals surface area contributed by atoms with Crippen molar-refractivity contribution in [2.45, 2.75) is 39.7 Å². The van der Waals surface area contributed by atoms with Crippen molar-refractivity contribution in [1.82, 2.24) is 5.32 Å². The zero-order valence-electron chi connectivity index (χ0n) is 12.8. The molecule has 0 aliphatic carbocycles. The molecule has 1 aromatic carbocycles. The summed E-state index contributed by atoms with van der Waals surface area (Å²) in [6.45, 7) is 9.43. The number of likely N-dealkylation sites (N-methyl/N-ethyl adjacent to an activating group) is 1. The van der Waals surface area contributed by atoms with Crippen molar-refractivity contribution in [3.8, 4) is 5.75 Å². The Morgan fingerprint density at radius 2 is 2.00 bits per heavy atom. The van der Waals surface area contributed by atoms with Gasteiger partial charge in [-0.15, -0.1) is 0 Å². The minimum Gasteiger partial charge on any atom is -0.490 e. The minimum atomic E-state index is -0.416. The van der Waals surface area contributed by atoms with Gasteiger partial charge in [-0.25, -0.2) is 0 Å². The quantitative estimate of drug-likeness (QED) is 0.614. The van der Waals surface area contributed by atoms with Crippen LogP contribution in [0.2, 0.25) is 0 Å². The second-order valence-electron chi connectivity index (χ2n) is 5.30. The van der Waals surface area contributed by atoms with Crippen molar-refractivity contribution in [1.29, 1.82) is 0 Å². The van der Waals surface area contributed by atoms with Gasteiger partial charge in [-0.2, -0.15) is 0 Å². The fourth-order valence-corrected chi connectivity index (χ4v) is 2.75. The Labute approximate surface area is 120 Å². The lowest BCUT2D eigenvalue weighted by Crippen LogP contribution is -2.34. The third-order valence-corrected chi connectivity index (χ3v) is 3.57. The maximum Gasteiger partial charge on any atom is 0.310 e. The molecule has 0 fully saturated rings. The zero-order chi connectivity index (χ0) is 15.3. The number of nitro benzene ring substituents is 1. The van der Waals surface area contributed by atoms with Crippen LogP contribution in [0.5, 0.6) is 5.75 Å². The molecule has 0 radical (unpaired) electrons. The maximum absolute atomic E-state index is 10.9. The number of nitro groups is 1. The van der Waals surface area contributed by atoms with E-state index in [9.17, 15) is 10.1 Å². The Morgan fingerprint density at radius 3 is 2.45 bits per heavy atom. The van der Waals surface area contributed by atoms with Gasteiger partial charge < -0.3 is 10.1 Å². The largest absolute Gasteiger partial charge is 0.490 e. The van der Waals surface area contributed by atoms with E-state index in [1.807, 2.05) is 6.07 Å². The van der Waals surface area contributed by atoms with Crippen LogP contribution in [0.1, 0.15) is 39.2 Å². The van der Waals surface area contributed by atoms with Crippen molar-refractivity contribution in [2.75, 3.05) is 13.7 Å². The third kappa shape index (κ3) is 3.70. The molecular weight excluding hydrogens is 256 g/mol. The number of hydrogen-bond acceptors (Lipinski definition) is 4. The van der Waals surface area contributed by atoms with Crippen LogP contribution in [0.25, 0.3) is 0 Å². The van der Waals surface area contributed by atoms with E-state index in [1.165, 1.54) is 13.2 Å². The molecule has 0 bridgehead atoms. The first kappa shape index (κ1) is 16.4. The number of benzene rings is 1. The molecule has 0 spiro atoms. The van der Waals surface area contributed by atoms with Crippen LogP contribution >= 0.6 is 0 Å². The normalized spacial score (nSPS) is 14.1. The first-order valence-corrected chi connectivity index (χ1v) is 6.98. The number of nitrogens with one attached hydrogen (secondary N) is 1. The van der Waals surface area contributed by atoms with Gasteiger partial charge in [0.1, 0.15) is 0 Å². The molecule has 0 saturated heterocycles. The van der Waals surface area contributed by atoms with Crippen LogP contribution in [-0.4, -0.2) is 24.6 Å². The van der Waals surface area contributed by atoms with E-state index >= 15 is 0 Å². The second-order valence-corrected chi connectivity index (χ2v) is 5.30. The smallest absolute Gasteiger partial charge is 0.310 e. The Balaban J connectivity index is 3.18. The van der Waals surface area contributed by atoms with Gasteiger partial charge in [-0.3, -0.25) is 10.1 Å². The standard InChI is InChI=1S/C15H24N2O3/c1-6-16-11(4)15(10(2)3)12-7-8-13(17(18)19)14(9-12)20-5/h7-11,15-16H,6H2,1-5H3. The number of hydrogen-bond donors (Lipinski definition) is 1. The monoisotopic (exact) mass is 280 g/mol. The van der Waals surface area contributed by atoms with Crippen LogP contribution < -0.4 is 10.1 Å². The predicted molar refractivity (Wildman–Crippen MR) is 80.4 cm³/mol. The summed E-state index contributed by atoms with van der Waals surface area (Å²) in [5.41, 5.74) is 1.07. The van der Waals surface area contributed by atoms with E-state index < -0.39 is 4.92 Å². The van der Waals surface area contributed by atoms with Crippen molar-refractivity contribution < 1.29 is 9.66 Å². The molecule has 0 heterocycles. The molecule has 0 aliphatic rings. The Hall–Kier alpha value is -1.62. The number of methoxy groups -OCH3 is 1. The summed E-state index contributed by atoms with van der Waals surface area (Å²) >= 11 is 0. The van der Waals surface area contributed by atoms with E-state index in [1.54, 1.807) is 6.07 Å². The van der Waals surface area contributed by atoms with Gasteiger partial charge in [-0.05, 0) is 31.0 Å². The molecule has 0 amide bonds. The van der Waals surface area contributed by atoms with Gasteiger partial charge in [-0.1, -0.05) is 26.8 Å². The highest BCUT2D eigenvalue weighted by molar-refractivity contribution is 5.49. The molecular formula is C15H24N2O3. The number of rotatable bonds is 7. The Bertz CT molecular complexity index is 460. The fraction of sp³-hybridized carbons (Fsp3) is 0.600. The molecule has 0 aromatic heterocycles. The predicted octanol–water partition coefficient (Wildman–Crippen LogP) is 3.34. The summed E-state index contributed by atoms with van der Waals surface area (Å²) in [4.78, 5) is 10.5. The van der Waals surface area contributed by atoms with Gasteiger partial charge in [0.15, 0.2) is 5.75 Å². The van der Waals surface area contributed by atoms with E-state index in [2.05, 4.69) is 33.0 Å². The topological polar surface area (TPSA) is 64.4 Å². The van der Waals surface area contributed by atoms with Crippen LogP contribution in [0.15, 0.2) is 18.2 Å². The van der Waals surface area contributed by atoms with Gasteiger partial charge >= 0.3 is 5.69 Å². The molecule has 2 unspecified atom stereocenters.